The van der Waals surface area contributed by atoms with Crippen molar-refractivity contribution >= 4 is 29.9 Å². The number of nitrogens with one attached hydrogen (secondary N) is 2. The van der Waals surface area contributed by atoms with Crippen molar-refractivity contribution in [1.82, 2.24) is 10.6 Å². The Morgan fingerprint density at radius 3 is 2.77 bits per heavy atom. The Hall–Kier alpha value is -2.30. The van der Waals surface area contributed by atoms with Crippen molar-refractivity contribution in [3.05, 3.63) is 53.1 Å². The third-order valence-corrected chi connectivity index (χ3v) is 4.70. The predicted molar refractivity (Wildman–Crippen MR) is 127 cm³/mol. The van der Waals surface area contributed by atoms with Gasteiger partial charge in [0.05, 0.1) is 20.3 Å². The average Bonchev–Trinajstić information content (AvgIpc) is 3.20. The summed E-state index contributed by atoms with van der Waals surface area (Å²) in [5, 5.41) is 6.45. The third-order valence-electron chi connectivity index (χ3n) is 4.70. The number of guanidine groups is 1. The molecule has 0 saturated heterocycles. The van der Waals surface area contributed by atoms with Crippen LogP contribution in [0.4, 0.5) is 8.78 Å². The monoisotopic (exact) mass is 547 g/mol. The second kappa shape index (κ2) is 12.5. The van der Waals surface area contributed by atoms with E-state index in [2.05, 4.69) is 32.5 Å². The topological polar surface area (TPSA) is 64.1 Å². The maximum absolute atomic E-state index is 12.7. The zero-order chi connectivity index (χ0) is 21.3. The lowest BCUT2D eigenvalue weighted by Gasteiger charge is -2.14. The Balaban J connectivity index is 0.00000341. The van der Waals surface area contributed by atoms with Crippen molar-refractivity contribution in [3.63, 3.8) is 0 Å². The van der Waals surface area contributed by atoms with Crippen LogP contribution >= 0.6 is 24.0 Å². The summed E-state index contributed by atoms with van der Waals surface area (Å²) in [6, 6.07) is 11.1. The number of methoxy groups -OCH3 is 1. The molecule has 0 unspecified atom stereocenters. The van der Waals surface area contributed by atoms with Gasteiger partial charge in [-0.2, -0.15) is 8.78 Å². The molecule has 31 heavy (non-hydrogen) atoms. The van der Waals surface area contributed by atoms with Gasteiger partial charge in [-0.25, -0.2) is 4.99 Å². The summed E-state index contributed by atoms with van der Waals surface area (Å²) in [6.45, 7) is 1.37. The Bertz CT molecular complexity index is 881. The smallest absolute Gasteiger partial charge is 0.387 e. The molecule has 6 nitrogen and oxygen atoms in total. The molecular formula is C22H28F2IN3O3. The van der Waals surface area contributed by atoms with E-state index in [4.69, 9.17) is 9.47 Å². The molecule has 0 radical (unpaired) electrons. The quantitative estimate of drug-likeness (QED) is 0.281. The minimum atomic E-state index is -2.91. The van der Waals surface area contributed by atoms with Gasteiger partial charge in [-0.1, -0.05) is 12.1 Å². The molecule has 0 aromatic heterocycles. The maximum Gasteiger partial charge on any atom is 0.387 e. The summed E-state index contributed by atoms with van der Waals surface area (Å²) in [7, 11) is 1.47. The van der Waals surface area contributed by atoms with Crippen LogP contribution in [0.15, 0.2) is 41.4 Å². The van der Waals surface area contributed by atoms with Crippen molar-refractivity contribution in [1.29, 1.82) is 0 Å². The molecular weight excluding hydrogens is 519 g/mol. The lowest BCUT2D eigenvalue weighted by atomic mass is 10.1. The van der Waals surface area contributed by atoms with E-state index in [1.807, 2.05) is 13.0 Å². The van der Waals surface area contributed by atoms with E-state index in [-0.39, 0.29) is 36.3 Å². The van der Waals surface area contributed by atoms with Crippen molar-refractivity contribution in [2.75, 3.05) is 26.8 Å². The molecule has 9 heteroatoms. The summed E-state index contributed by atoms with van der Waals surface area (Å²) in [4.78, 5) is 4.50. The van der Waals surface area contributed by atoms with Gasteiger partial charge in [-0.3, -0.25) is 0 Å². The van der Waals surface area contributed by atoms with Gasteiger partial charge in [0, 0.05) is 31.1 Å². The Kier molecular flexibility index (Phi) is 10.1. The minimum absolute atomic E-state index is 0. The number of benzene rings is 2. The predicted octanol–water partition coefficient (Wildman–Crippen LogP) is 4.15. The fourth-order valence-electron chi connectivity index (χ4n) is 3.22. The van der Waals surface area contributed by atoms with Crippen LogP contribution in [0.5, 0.6) is 17.2 Å². The largest absolute Gasteiger partial charge is 0.497 e. The van der Waals surface area contributed by atoms with E-state index in [0.717, 1.165) is 25.2 Å². The highest BCUT2D eigenvalue weighted by molar-refractivity contribution is 14.0. The first-order chi connectivity index (χ1) is 14.6. The highest BCUT2D eigenvalue weighted by atomic mass is 127. The molecule has 0 atom stereocenters. The number of ether oxygens (including phenoxy) is 3. The van der Waals surface area contributed by atoms with Crippen LogP contribution in [-0.4, -0.2) is 39.4 Å². The molecule has 1 heterocycles. The summed E-state index contributed by atoms with van der Waals surface area (Å²) >= 11 is 0. The van der Waals surface area contributed by atoms with E-state index in [0.29, 0.717) is 30.4 Å². The van der Waals surface area contributed by atoms with Gasteiger partial charge in [0.25, 0.3) is 0 Å². The average molecular weight is 547 g/mol. The van der Waals surface area contributed by atoms with Crippen molar-refractivity contribution < 1.29 is 23.0 Å². The van der Waals surface area contributed by atoms with E-state index in [1.165, 1.54) is 24.3 Å². The fourth-order valence-corrected chi connectivity index (χ4v) is 3.22. The van der Waals surface area contributed by atoms with Gasteiger partial charge in [0.1, 0.15) is 17.2 Å². The number of halogens is 3. The summed E-state index contributed by atoms with van der Waals surface area (Å²) in [5.74, 6) is 2.09. The lowest BCUT2D eigenvalue weighted by Crippen LogP contribution is -2.38. The second-order valence-electron chi connectivity index (χ2n) is 6.76. The van der Waals surface area contributed by atoms with Crippen LogP contribution in [0.25, 0.3) is 0 Å². The van der Waals surface area contributed by atoms with Crippen molar-refractivity contribution in [2.45, 2.75) is 32.9 Å². The van der Waals surface area contributed by atoms with Crippen LogP contribution < -0.4 is 24.8 Å². The van der Waals surface area contributed by atoms with E-state index >= 15 is 0 Å². The van der Waals surface area contributed by atoms with E-state index in [9.17, 15) is 8.78 Å². The normalized spacial score (nSPS) is 12.6. The molecule has 170 valence electrons. The first-order valence-electron chi connectivity index (χ1n) is 9.97. The summed E-state index contributed by atoms with van der Waals surface area (Å²) < 4.78 is 40.7. The third kappa shape index (κ3) is 7.41. The number of fused-ring (bicyclic) bond motifs is 1. The highest BCUT2D eigenvalue weighted by Crippen LogP contribution is 2.27. The number of hydrogen-bond donors (Lipinski definition) is 2. The molecule has 0 saturated carbocycles. The van der Waals surface area contributed by atoms with Crippen molar-refractivity contribution in [3.8, 4) is 17.2 Å². The molecule has 1 aliphatic rings. The standard InChI is InChI=1S/C22H27F2N3O3.HI/c1-3-25-22(26-10-8-15-4-7-19-16(12-15)9-11-29-19)27-14-17-5-6-18(28-2)13-20(17)30-21(23)24;/h4-7,12-13,21H,3,8-11,14H2,1-2H3,(H2,25,26,27);1H. The Morgan fingerprint density at radius 2 is 2.03 bits per heavy atom. The molecule has 1 aliphatic heterocycles. The van der Waals surface area contributed by atoms with E-state index in [1.54, 1.807) is 12.1 Å². The van der Waals surface area contributed by atoms with Crippen molar-refractivity contribution in [2.24, 2.45) is 4.99 Å². The molecule has 0 aliphatic carbocycles. The number of alkyl halides is 2. The fraction of sp³-hybridized carbons (Fsp3) is 0.409. The number of aliphatic imine (C=N–C) groups is 1. The molecule has 0 amide bonds. The zero-order valence-corrected chi connectivity index (χ0v) is 20.0. The number of hydrogen-bond acceptors (Lipinski definition) is 4. The molecule has 2 aromatic carbocycles. The number of rotatable bonds is 9. The van der Waals surface area contributed by atoms with Gasteiger partial charge in [0.15, 0.2) is 5.96 Å². The Morgan fingerprint density at radius 1 is 1.19 bits per heavy atom. The van der Waals surface area contributed by atoms with E-state index < -0.39 is 6.61 Å². The van der Waals surface area contributed by atoms with Crippen LogP contribution in [0.2, 0.25) is 0 Å². The maximum atomic E-state index is 12.7. The van der Waals surface area contributed by atoms with Gasteiger partial charge in [-0.05, 0) is 42.7 Å². The molecule has 2 N–H and O–H groups in total. The minimum Gasteiger partial charge on any atom is -0.497 e. The molecule has 0 fully saturated rings. The molecule has 0 spiro atoms. The summed E-state index contributed by atoms with van der Waals surface area (Å²) in [5.41, 5.74) is 3.02. The van der Waals surface area contributed by atoms with Crippen LogP contribution in [0, 0.1) is 0 Å². The SMILES string of the molecule is CCNC(=NCc1ccc(OC)cc1OC(F)F)NCCc1ccc2c(c1)CCO2.I. The lowest BCUT2D eigenvalue weighted by molar-refractivity contribution is -0.0505. The van der Waals surface area contributed by atoms with Crippen LogP contribution in [-0.2, 0) is 19.4 Å². The molecule has 3 rings (SSSR count). The Labute approximate surface area is 198 Å². The van der Waals surface area contributed by atoms with Crippen LogP contribution in [0.3, 0.4) is 0 Å². The second-order valence-corrected chi connectivity index (χ2v) is 6.76. The zero-order valence-electron chi connectivity index (χ0n) is 17.6. The number of nitrogens with zero attached hydrogens (tertiary/aromatic N) is 1. The molecule has 0 bridgehead atoms. The first-order valence-corrected chi connectivity index (χ1v) is 9.97. The molecule has 2 aromatic rings. The first kappa shape index (κ1) is 25.0. The van der Waals surface area contributed by atoms with Gasteiger partial charge in [-0.15, -0.1) is 24.0 Å². The van der Waals surface area contributed by atoms with Gasteiger partial charge >= 0.3 is 6.61 Å². The van der Waals surface area contributed by atoms with Gasteiger partial charge < -0.3 is 24.8 Å². The summed E-state index contributed by atoms with van der Waals surface area (Å²) in [6.07, 6.45) is 1.78. The highest BCUT2D eigenvalue weighted by Gasteiger charge is 2.13. The van der Waals surface area contributed by atoms with Crippen LogP contribution in [0.1, 0.15) is 23.6 Å². The van der Waals surface area contributed by atoms with Gasteiger partial charge in [0.2, 0.25) is 0 Å².